The summed E-state index contributed by atoms with van der Waals surface area (Å²) in [4.78, 5) is 8.95. The van der Waals surface area contributed by atoms with Crippen LogP contribution in [-0.4, -0.2) is 80.6 Å². The number of piperidine rings is 1. The summed E-state index contributed by atoms with van der Waals surface area (Å²) in [5, 5.41) is 7.04. The number of guanidine groups is 1. The molecule has 1 atom stereocenters. The molecule has 0 amide bonds. The summed E-state index contributed by atoms with van der Waals surface area (Å²) in [6, 6.07) is 0.926. The number of likely N-dealkylation sites (tertiary alicyclic amines) is 2. The summed E-state index contributed by atoms with van der Waals surface area (Å²) >= 11 is 0. The van der Waals surface area contributed by atoms with Gasteiger partial charge < -0.3 is 10.6 Å². The molecule has 170 valence electrons. The van der Waals surface area contributed by atoms with E-state index >= 15 is 0 Å². The van der Waals surface area contributed by atoms with Gasteiger partial charge in [0.05, 0.1) is 6.54 Å². The first-order valence-corrected chi connectivity index (χ1v) is 11.4. The zero-order valence-corrected chi connectivity index (χ0v) is 20.3. The van der Waals surface area contributed by atoms with Gasteiger partial charge >= 0.3 is 0 Å². The van der Waals surface area contributed by atoms with E-state index in [9.17, 15) is 8.78 Å². The Kier molecular flexibility index (Phi) is 11.4. The van der Waals surface area contributed by atoms with Crippen LogP contribution in [0.5, 0.6) is 0 Å². The number of hydrogen-bond acceptors (Lipinski definition) is 3. The largest absolute Gasteiger partial charge is 0.355 e. The van der Waals surface area contributed by atoms with E-state index in [-0.39, 0.29) is 30.5 Å². The lowest BCUT2D eigenvalue weighted by Crippen LogP contribution is -2.51. The van der Waals surface area contributed by atoms with Crippen molar-refractivity contribution in [2.75, 3.05) is 46.3 Å². The third-order valence-corrected chi connectivity index (χ3v) is 6.77. The molecule has 3 aliphatic rings. The van der Waals surface area contributed by atoms with Crippen molar-refractivity contribution in [2.45, 2.75) is 76.3 Å². The Hall–Kier alpha value is -0.220. The maximum Gasteiger partial charge on any atom is 0.251 e. The van der Waals surface area contributed by atoms with Gasteiger partial charge in [-0.3, -0.25) is 14.8 Å². The quantitative estimate of drug-likeness (QED) is 0.302. The summed E-state index contributed by atoms with van der Waals surface area (Å²) in [6.45, 7) is 4.81. The Morgan fingerprint density at radius 3 is 2.38 bits per heavy atom. The van der Waals surface area contributed by atoms with E-state index in [1.165, 1.54) is 58.0 Å². The van der Waals surface area contributed by atoms with Crippen molar-refractivity contribution in [1.29, 1.82) is 0 Å². The topological polar surface area (TPSA) is 42.9 Å². The molecule has 8 heteroatoms. The zero-order chi connectivity index (χ0) is 19.8. The van der Waals surface area contributed by atoms with Crippen LogP contribution in [0.3, 0.4) is 0 Å². The average molecular weight is 527 g/mol. The molecule has 2 heterocycles. The minimum Gasteiger partial charge on any atom is -0.355 e. The van der Waals surface area contributed by atoms with Gasteiger partial charge in [0.25, 0.3) is 6.43 Å². The number of alkyl halides is 2. The molecule has 3 fully saturated rings. The molecule has 5 nitrogen and oxygen atoms in total. The van der Waals surface area contributed by atoms with Crippen molar-refractivity contribution in [3.8, 4) is 0 Å². The molecule has 1 saturated carbocycles. The van der Waals surface area contributed by atoms with E-state index in [4.69, 9.17) is 0 Å². The maximum absolute atomic E-state index is 12.5. The van der Waals surface area contributed by atoms with Gasteiger partial charge in [-0.25, -0.2) is 8.78 Å². The molecule has 2 aliphatic heterocycles. The Labute approximate surface area is 192 Å². The fraction of sp³-hybridized carbons (Fsp3) is 0.952. The van der Waals surface area contributed by atoms with Crippen LogP contribution in [-0.2, 0) is 0 Å². The molecule has 0 bridgehead atoms. The molecule has 0 radical (unpaired) electrons. The van der Waals surface area contributed by atoms with Crippen LogP contribution in [0.15, 0.2) is 4.99 Å². The second-order valence-electron chi connectivity index (χ2n) is 8.86. The smallest absolute Gasteiger partial charge is 0.251 e. The fourth-order valence-corrected chi connectivity index (χ4v) is 5.13. The molecule has 2 saturated heterocycles. The molecule has 0 aromatic rings. The fourth-order valence-electron chi connectivity index (χ4n) is 5.13. The number of aliphatic imine (C=N–C) groups is 1. The molecule has 0 aromatic carbocycles. The first kappa shape index (κ1) is 25.0. The second kappa shape index (κ2) is 13.2. The highest BCUT2D eigenvalue weighted by Gasteiger charge is 2.28. The summed E-state index contributed by atoms with van der Waals surface area (Å²) in [5.41, 5.74) is 0. The van der Waals surface area contributed by atoms with Crippen LogP contribution in [0.25, 0.3) is 0 Å². The Morgan fingerprint density at radius 1 is 1.00 bits per heavy atom. The van der Waals surface area contributed by atoms with Crippen LogP contribution < -0.4 is 10.6 Å². The number of hydrogen-bond donors (Lipinski definition) is 2. The van der Waals surface area contributed by atoms with Crippen molar-refractivity contribution < 1.29 is 8.78 Å². The molecule has 1 aliphatic carbocycles. The van der Waals surface area contributed by atoms with Crippen LogP contribution in [0.2, 0.25) is 0 Å². The van der Waals surface area contributed by atoms with Crippen LogP contribution in [0.4, 0.5) is 8.78 Å². The summed E-state index contributed by atoms with van der Waals surface area (Å²) in [7, 11) is 1.82. The lowest BCUT2D eigenvalue weighted by Gasteiger charge is -2.33. The Morgan fingerprint density at radius 2 is 1.72 bits per heavy atom. The molecule has 0 aromatic heterocycles. The van der Waals surface area contributed by atoms with Crippen molar-refractivity contribution in [3.63, 3.8) is 0 Å². The molecule has 0 spiro atoms. The van der Waals surface area contributed by atoms with Crippen molar-refractivity contribution in [2.24, 2.45) is 10.9 Å². The highest BCUT2D eigenvalue weighted by Crippen LogP contribution is 2.27. The van der Waals surface area contributed by atoms with Crippen molar-refractivity contribution in [3.05, 3.63) is 0 Å². The predicted octanol–water partition coefficient (Wildman–Crippen LogP) is 3.54. The minimum absolute atomic E-state index is 0. The van der Waals surface area contributed by atoms with Gasteiger partial charge in [0.1, 0.15) is 0 Å². The van der Waals surface area contributed by atoms with E-state index in [0.29, 0.717) is 12.1 Å². The van der Waals surface area contributed by atoms with Gasteiger partial charge in [0.2, 0.25) is 0 Å². The Balaban J connectivity index is 0.00000300. The highest BCUT2D eigenvalue weighted by molar-refractivity contribution is 14.0. The van der Waals surface area contributed by atoms with Crippen molar-refractivity contribution in [1.82, 2.24) is 20.4 Å². The molecule has 1 unspecified atom stereocenters. The Bertz CT molecular complexity index is 480. The maximum atomic E-state index is 12.5. The van der Waals surface area contributed by atoms with E-state index in [0.717, 1.165) is 44.4 Å². The number of nitrogens with zero attached hydrogens (tertiary/aromatic N) is 3. The minimum atomic E-state index is -2.23. The number of nitrogens with one attached hydrogen (secondary N) is 2. The van der Waals surface area contributed by atoms with Gasteiger partial charge in [-0.05, 0) is 51.0 Å². The second-order valence-corrected chi connectivity index (χ2v) is 8.86. The average Bonchev–Trinajstić information content (AvgIpc) is 3.14. The third kappa shape index (κ3) is 8.44. The summed E-state index contributed by atoms with van der Waals surface area (Å²) < 4.78 is 25.0. The number of rotatable bonds is 7. The van der Waals surface area contributed by atoms with E-state index in [1.54, 1.807) is 0 Å². The first-order valence-electron chi connectivity index (χ1n) is 11.4. The van der Waals surface area contributed by atoms with Gasteiger partial charge in [-0.15, -0.1) is 24.0 Å². The van der Waals surface area contributed by atoms with Crippen LogP contribution in [0.1, 0.15) is 57.8 Å². The SMILES string of the molecule is CN=C(NCC1CCCN1CC1CCCCC1)NC1CCN(CC(F)F)CC1.I. The highest BCUT2D eigenvalue weighted by atomic mass is 127. The lowest BCUT2D eigenvalue weighted by atomic mass is 9.89. The van der Waals surface area contributed by atoms with Gasteiger partial charge in [-0.2, -0.15) is 0 Å². The number of halogens is 3. The summed E-state index contributed by atoms with van der Waals surface area (Å²) in [6.07, 6.45) is 9.18. The molecular weight excluding hydrogens is 487 g/mol. The molecule has 29 heavy (non-hydrogen) atoms. The normalized spacial score (nSPS) is 25.9. The first-order chi connectivity index (χ1) is 13.6. The molecular formula is C21H40F2IN5. The van der Waals surface area contributed by atoms with Crippen LogP contribution >= 0.6 is 24.0 Å². The monoisotopic (exact) mass is 527 g/mol. The molecule has 3 rings (SSSR count). The molecule has 2 N–H and O–H groups in total. The van der Waals surface area contributed by atoms with Crippen molar-refractivity contribution >= 4 is 29.9 Å². The van der Waals surface area contributed by atoms with E-state index in [1.807, 2.05) is 11.9 Å². The zero-order valence-electron chi connectivity index (χ0n) is 17.9. The van der Waals surface area contributed by atoms with Gasteiger partial charge in [-0.1, -0.05) is 19.3 Å². The van der Waals surface area contributed by atoms with Gasteiger partial charge in [0.15, 0.2) is 5.96 Å². The van der Waals surface area contributed by atoms with Gasteiger partial charge in [0, 0.05) is 45.3 Å². The third-order valence-electron chi connectivity index (χ3n) is 6.77. The standard InChI is InChI=1S/C21H39F2N5.HI/c1-24-21(26-18-9-12-27(13-10-18)16-20(22)23)25-14-19-8-5-11-28(19)15-17-6-3-2-4-7-17;/h17-20H,2-16H2,1H3,(H2,24,25,26);1H. The van der Waals surface area contributed by atoms with E-state index in [2.05, 4.69) is 20.5 Å². The lowest BCUT2D eigenvalue weighted by molar-refractivity contribution is 0.0744. The predicted molar refractivity (Wildman–Crippen MR) is 127 cm³/mol. The van der Waals surface area contributed by atoms with E-state index < -0.39 is 6.43 Å². The summed E-state index contributed by atoms with van der Waals surface area (Å²) in [5.74, 6) is 1.75. The van der Waals surface area contributed by atoms with Crippen LogP contribution in [0, 0.1) is 5.92 Å².